The van der Waals surface area contributed by atoms with Crippen molar-refractivity contribution in [1.29, 1.82) is 5.26 Å². The highest BCUT2D eigenvalue weighted by Gasteiger charge is 2.17. The first-order chi connectivity index (χ1) is 6.56. The number of halogens is 4. The molecule has 0 saturated carbocycles. The van der Waals surface area contributed by atoms with Crippen LogP contribution in [0.25, 0.3) is 0 Å². The maximum absolute atomic E-state index is 12.3. The monoisotopic (exact) mass is 236 g/mol. The Bertz CT molecular complexity index is 388. The molecule has 0 N–H and O–H groups in total. The fraction of sp³-hybridized carbons (Fsp3) is 0.250. The van der Waals surface area contributed by atoms with Gasteiger partial charge in [0, 0.05) is 0 Å². The van der Waals surface area contributed by atoms with Gasteiger partial charge in [-0.15, -0.1) is 0 Å². The zero-order valence-corrected chi connectivity index (χ0v) is 8.28. The molecule has 14 heavy (non-hydrogen) atoms. The Morgan fingerprint density at radius 1 is 1.50 bits per heavy atom. The molecule has 0 spiro atoms. The smallest absolute Gasteiger partial charge is 0.249 e. The van der Waals surface area contributed by atoms with Crippen LogP contribution in [-0.4, -0.2) is 4.98 Å². The van der Waals surface area contributed by atoms with Gasteiger partial charge in [0.2, 0.25) is 0 Å². The van der Waals surface area contributed by atoms with Gasteiger partial charge in [-0.1, -0.05) is 23.2 Å². The van der Waals surface area contributed by atoms with Crippen molar-refractivity contribution in [3.05, 3.63) is 27.5 Å². The van der Waals surface area contributed by atoms with E-state index in [-0.39, 0.29) is 22.2 Å². The molecule has 0 saturated heterocycles. The molecule has 0 bridgehead atoms. The van der Waals surface area contributed by atoms with Gasteiger partial charge in [0.25, 0.3) is 6.43 Å². The van der Waals surface area contributed by atoms with Crippen LogP contribution in [0.1, 0.15) is 17.8 Å². The van der Waals surface area contributed by atoms with Crippen LogP contribution >= 0.6 is 23.2 Å². The van der Waals surface area contributed by atoms with Crippen molar-refractivity contribution in [3.8, 4) is 6.07 Å². The molecule has 0 unspecified atom stereocenters. The van der Waals surface area contributed by atoms with E-state index in [1.165, 1.54) is 6.07 Å². The summed E-state index contributed by atoms with van der Waals surface area (Å²) in [5.74, 6) is 0. The molecule has 6 heteroatoms. The Labute approximate surface area is 89.1 Å². The summed E-state index contributed by atoms with van der Waals surface area (Å²) in [6, 6.07) is 3.09. The van der Waals surface area contributed by atoms with Gasteiger partial charge in [-0.25, -0.2) is 13.8 Å². The van der Waals surface area contributed by atoms with Gasteiger partial charge in [0.15, 0.2) is 0 Å². The largest absolute Gasteiger partial charge is 0.281 e. The Hall–Kier alpha value is -0.920. The first kappa shape index (κ1) is 11.2. The van der Waals surface area contributed by atoms with Crippen molar-refractivity contribution in [3.63, 3.8) is 0 Å². The fourth-order valence-electron chi connectivity index (χ4n) is 0.884. The predicted octanol–water partition coefficient (Wildman–Crippen LogP) is 3.39. The molecule has 0 fully saturated rings. The van der Waals surface area contributed by atoms with E-state index in [9.17, 15) is 8.78 Å². The summed E-state index contributed by atoms with van der Waals surface area (Å²) in [5.41, 5.74) is -0.387. The molecule has 2 nitrogen and oxygen atoms in total. The minimum Gasteiger partial charge on any atom is -0.249 e. The van der Waals surface area contributed by atoms with E-state index < -0.39 is 12.1 Å². The lowest BCUT2D eigenvalue weighted by Crippen LogP contribution is -1.97. The minimum atomic E-state index is -2.79. The van der Waals surface area contributed by atoms with Crippen molar-refractivity contribution < 1.29 is 8.78 Å². The minimum absolute atomic E-state index is 0.0118. The van der Waals surface area contributed by atoms with Crippen LogP contribution in [0.3, 0.4) is 0 Å². The second-order valence-corrected chi connectivity index (χ2v) is 3.22. The van der Waals surface area contributed by atoms with Crippen LogP contribution in [0.15, 0.2) is 6.07 Å². The third-order valence-electron chi connectivity index (χ3n) is 1.46. The lowest BCUT2D eigenvalue weighted by molar-refractivity contribution is 0.146. The molecule has 74 valence electrons. The van der Waals surface area contributed by atoms with Gasteiger partial charge >= 0.3 is 0 Å². The molecule has 1 rings (SSSR count). The average Bonchev–Trinajstić information content (AvgIpc) is 2.11. The van der Waals surface area contributed by atoms with E-state index in [0.29, 0.717) is 0 Å². The zero-order valence-electron chi connectivity index (χ0n) is 6.77. The highest BCUT2D eigenvalue weighted by Crippen LogP contribution is 2.31. The van der Waals surface area contributed by atoms with Gasteiger partial charge in [0.1, 0.15) is 5.69 Å². The predicted molar refractivity (Wildman–Crippen MR) is 48.5 cm³/mol. The molecule has 0 radical (unpaired) electrons. The number of nitriles is 1. The van der Waals surface area contributed by atoms with Gasteiger partial charge in [-0.05, 0) is 6.07 Å². The highest BCUT2D eigenvalue weighted by atomic mass is 35.5. The van der Waals surface area contributed by atoms with Crippen molar-refractivity contribution in [2.24, 2.45) is 0 Å². The summed E-state index contributed by atoms with van der Waals surface area (Å²) in [7, 11) is 0. The molecule has 0 aliphatic rings. The van der Waals surface area contributed by atoms with Gasteiger partial charge in [-0.2, -0.15) is 5.26 Å². The molecule has 0 aromatic carbocycles. The lowest BCUT2D eigenvalue weighted by atomic mass is 10.2. The molecule has 1 heterocycles. The summed E-state index contributed by atoms with van der Waals surface area (Å²) in [6.45, 7) is 0. The molecule has 0 atom stereocenters. The Morgan fingerprint density at radius 2 is 2.14 bits per heavy atom. The quantitative estimate of drug-likeness (QED) is 0.790. The van der Waals surface area contributed by atoms with Crippen LogP contribution in [0.5, 0.6) is 0 Å². The zero-order chi connectivity index (χ0) is 10.7. The number of pyridine rings is 1. The maximum atomic E-state index is 12.3. The maximum Gasteiger partial charge on any atom is 0.281 e. The number of hydrogen-bond donors (Lipinski definition) is 0. The summed E-state index contributed by atoms with van der Waals surface area (Å²) in [4.78, 5) is 3.53. The van der Waals surface area contributed by atoms with Crippen molar-refractivity contribution in [2.75, 3.05) is 0 Å². The summed E-state index contributed by atoms with van der Waals surface area (Å²) in [5, 5.41) is 8.08. The second-order valence-electron chi connectivity index (χ2n) is 2.43. The Balaban J connectivity index is 3.22. The van der Waals surface area contributed by atoms with Crippen LogP contribution in [0, 0.1) is 11.3 Å². The first-order valence-corrected chi connectivity index (χ1v) is 4.31. The van der Waals surface area contributed by atoms with Gasteiger partial charge in [0.05, 0.1) is 28.2 Å². The molecular weight excluding hydrogens is 233 g/mol. The van der Waals surface area contributed by atoms with E-state index in [0.717, 1.165) is 0 Å². The van der Waals surface area contributed by atoms with E-state index in [1.54, 1.807) is 6.07 Å². The number of hydrogen-bond acceptors (Lipinski definition) is 2. The normalized spacial score (nSPS) is 10.3. The van der Waals surface area contributed by atoms with Crippen LogP contribution < -0.4 is 0 Å². The Morgan fingerprint density at radius 3 is 2.64 bits per heavy atom. The highest BCUT2D eigenvalue weighted by molar-refractivity contribution is 6.42. The molecular formula is C8H4Cl2F2N2. The molecule has 1 aromatic heterocycles. The van der Waals surface area contributed by atoms with Crippen molar-refractivity contribution >= 4 is 23.2 Å². The number of aromatic nitrogens is 1. The topological polar surface area (TPSA) is 36.7 Å². The van der Waals surface area contributed by atoms with Crippen molar-refractivity contribution in [2.45, 2.75) is 12.8 Å². The molecule has 1 aromatic rings. The average molecular weight is 237 g/mol. The third kappa shape index (κ3) is 2.31. The van der Waals surface area contributed by atoms with Crippen LogP contribution in [0.4, 0.5) is 8.78 Å². The van der Waals surface area contributed by atoms with E-state index >= 15 is 0 Å². The standard InChI is InChI=1S/C8H4Cl2F2N2/c9-5-3-4(1-2-13)14-7(6(5)10)8(11)12/h3,8H,1H2. The van der Waals surface area contributed by atoms with Gasteiger partial charge < -0.3 is 0 Å². The van der Waals surface area contributed by atoms with Crippen molar-refractivity contribution in [1.82, 2.24) is 4.98 Å². The summed E-state index contributed by atoms with van der Waals surface area (Å²) < 4.78 is 24.7. The third-order valence-corrected chi connectivity index (χ3v) is 2.25. The van der Waals surface area contributed by atoms with Gasteiger partial charge in [-0.3, -0.25) is 0 Å². The lowest BCUT2D eigenvalue weighted by Gasteiger charge is -2.05. The summed E-state index contributed by atoms with van der Waals surface area (Å²) in [6.07, 6.45) is -2.87. The van der Waals surface area contributed by atoms with Crippen LogP contribution in [0.2, 0.25) is 10.0 Å². The first-order valence-electron chi connectivity index (χ1n) is 3.56. The summed E-state index contributed by atoms with van der Waals surface area (Å²) >= 11 is 11.1. The van der Waals surface area contributed by atoms with E-state index in [4.69, 9.17) is 28.5 Å². The molecule has 0 aliphatic heterocycles. The molecule has 0 aliphatic carbocycles. The van der Waals surface area contributed by atoms with E-state index in [2.05, 4.69) is 4.98 Å². The SMILES string of the molecule is N#CCc1cc(Cl)c(Cl)c(C(F)F)n1. The van der Waals surface area contributed by atoms with Crippen LogP contribution in [-0.2, 0) is 6.42 Å². The number of alkyl halides is 2. The molecule has 0 amide bonds. The fourth-order valence-corrected chi connectivity index (χ4v) is 1.29. The number of nitrogens with zero attached hydrogens (tertiary/aromatic N) is 2. The van der Waals surface area contributed by atoms with E-state index in [1.807, 2.05) is 0 Å². The Kier molecular flexibility index (Phi) is 3.62. The second kappa shape index (κ2) is 4.54. The number of rotatable bonds is 2.